The number of nitrogens with zero attached hydrogens (tertiary/aromatic N) is 4. The van der Waals surface area contributed by atoms with Crippen LogP contribution in [0.15, 0.2) is 61.1 Å². The fourth-order valence-corrected chi connectivity index (χ4v) is 4.28. The van der Waals surface area contributed by atoms with E-state index in [1.54, 1.807) is 49.7 Å². The second-order valence-corrected chi connectivity index (χ2v) is 9.46. The number of benzene rings is 2. The van der Waals surface area contributed by atoms with Crippen LogP contribution < -0.4 is 20.1 Å². The molecule has 0 radical (unpaired) electrons. The molecule has 0 spiro atoms. The van der Waals surface area contributed by atoms with Gasteiger partial charge >= 0.3 is 0 Å². The van der Waals surface area contributed by atoms with Crippen molar-refractivity contribution in [2.24, 2.45) is 0 Å². The molecule has 2 aromatic carbocycles. The van der Waals surface area contributed by atoms with Crippen LogP contribution in [0.3, 0.4) is 0 Å². The first kappa shape index (κ1) is 26.1. The van der Waals surface area contributed by atoms with Gasteiger partial charge in [0.05, 0.1) is 31.1 Å². The second-order valence-electron chi connectivity index (χ2n) is 9.02. The number of hydrogen-bond donors (Lipinski definition) is 2. The lowest BCUT2D eigenvalue weighted by Gasteiger charge is -2.17. The fourth-order valence-electron chi connectivity index (χ4n) is 4.09. The molecule has 0 saturated heterocycles. The molecule has 198 valence electrons. The third-order valence-corrected chi connectivity index (χ3v) is 6.46. The Morgan fingerprint density at radius 2 is 2.03 bits per heavy atom. The largest absolute Gasteiger partial charge is 0.493 e. The van der Waals surface area contributed by atoms with Crippen LogP contribution in [0.4, 0.5) is 17.3 Å². The number of ether oxygens (including phenoxy) is 2. The van der Waals surface area contributed by atoms with Crippen molar-refractivity contribution >= 4 is 45.7 Å². The predicted octanol–water partition coefficient (Wildman–Crippen LogP) is 5.51. The van der Waals surface area contributed by atoms with Gasteiger partial charge in [-0.1, -0.05) is 24.1 Å². The first-order valence-corrected chi connectivity index (χ1v) is 12.9. The van der Waals surface area contributed by atoms with Crippen molar-refractivity contribution < 1.29 is 14.3 Å². The van der Waals surface area contributed by atoms with E-state index in [1.807, 2.05) is 17.0 Å². The van der Waals surface area contributed by atoms with Gasteiger partial charge in [-0.25, -0.2) is 15.0 Å². The smallest absolute Gasteiger partial charge is 0.256 e. The van der Waals surface area contributed by atoms with Crippen molar-refractivity contribution in [3.63, 3.8) is 0 Å². The Bertz CT molecular complexity index is 1520. The summed E-state index contributed by atoms with van der Waals surface area (Å²) in [7, 11) is 1.60. The van der Waals surface area contributed by atoms with E-state index in [4.69, 9.17) is 27.5 Å². The number of anilines is 3. The molecule has 9 nitrogen and oxygen atoms in total. The summed E-state index contributed by atoms with van der Waals surface area (Å²) in [5, 5.41) is 7.27. The van der Waals surface area contributed by atoms with E-state index in [9.17, 15) is 4.79 Å². The van der Waals surface area contributed by atoms with Crippen molar-refractivity contribution in [1.29, 1.82) is 0 Å². The lowest BCUT2D eigenvalue weighted by Crippen LogP contribution is -2.22. The standard InChI is InChI=1S/C29H27ClN6O3/c1-3-36(22-9-10-22)12-5-13-39-26-16-24-23(15-25(26)38-2)28(33-18-32-24)34-21-8-11-27(31-17-21)35-29(37)19-6-4-7-20(30)14-19/h1,4,6-8,11,14-18,22H,5,9-10,12-13H2,2H3,(H,31,35,37)(H,32,33,34). The molecular formula is C29H27ClN6O3. The van der Waals surface area contributed by atoms with Gasteiger partial charge in [-0.2, -0.15) is 0 Å². The Morgan fingerprint density at radius 3 is 2.74 bits per heavy atom. The number of nitrogens with one attached hydrogen (secondary N) is 2. The van der Waals surface area contributed by atoms with Gasteiger partial charge in [0.15, 0.2) is 11.5 Å². The molecule has 0 atom stereocenters. The van der Waals surface area contributed by atoms with E-state index < -0.39 is 0 Å². The maximum absolute atomic E-state index is 12.5. The van der Waals surface area contributed by atoms with Crippen molar-refractivity contribution in [2.75, 3.05) is 30.9 Å². The highest BCUT2D eigenvalue weighted by Crippen LogP contribution is 2.35. The zero-order valence-corrected chi connectivity index (χ0v) is 22.1. The van der Waals surface area contributed by atoms with Crippen LogP contribution in [0.25, 0.3) is 10.9 Å². The van der Waals surface area contributed by atoms with Gasteiger partial charge in [-0.05, 0) is 55.7 Å². The minimum Gasteiger partial charge on any atom is -0.493 e. The second kappa shape index (κ2) is 11.9. The molecule has 2 heterocycles. The molecule has 1 aliphatic rings. The number of methoxy groups -OCH3 is 1. The highest BCUT2D eigenvalue weighted by atomic mass is 35.5. The summed E-state index contributed by atoms with van der Waals surface area (Å²) in [5.74, 6) is 1.87. The number of aromatic nitrogens is 3. The molecule has 1 amide bonds. The SMILES string of the molecule is C#CN(CCCOc1cc2ncnc(Nc3ccc(NC(=O)c4cccc(Cl)c4)nc3)c2cc1OC)C1CC1. The number of fused-ring (bicyclic) bond motifs is 1. The Kier molecular flexibility index (Phi) is 7.94. The van der Waals surface area contributed by atoms with Crippen LogP contribution in [-0.2, 0) is 0 Å². The number of terminal acetylenes is 1. The summed E-state index contributed by atoms with van der Waals surface area (Å²) in [5.41, 5.74) is 1.83. The van der Waals surface area contributed by atoms with Gasteiger partial charge in [0.1, 0.15) is 18.0 Å². The number of rotatable bonds is 11. The van der Waals surface area contributed by atoms with Gasteiger partial charge in [0.25, 0.3) is 5.91 Å². The number of halogens is 1. The van der Waals surface area contributed by atoms with Gasteiger partial charge in [-0.3, -0.25) is 4.79 Å². The first-order valence-electron chi connectivity index (χ1n) is 12.5. The van der Waals surface area contributed by atoms with Crippen molar-refractivity contribution in [2.45, 2.75) is 25.3 Å². The molecule has 0 bridgehead atoms. The van der Waals surface area contributed by atoms with Crippen molar-refractivity contribution in [1.82, 2.24) is 19.9 Å². The minimum atomic E-state index is -0.297. The zero-order chi connectivity index (χ0) is 27.2. The number of carbonyl (C=O) groups is 1. The maximum Gasteiger partial charge on any atom is 0.256 e. The Hall–Kier alpha value is -4.55. The molecule has 0 unspecified atom stereocenters. The molecule has 10 heteroatoms. The third kappa shape index (κ3) is 6.48. The number of carbonyl (C=O) groups excluding carboxylic acids is 1. The molecular weight excluding hydrogens is 516 g/mol. The van der Waals surface area contributed by atoms with Crippen molar-refractivity contribution in [3.8, 4) is 24.0 Å². The number of amides is 1. The predicted molar refractivity (Wildman–Crippen MR) is 152 cm³/mol. The molecule has 0 aliphatic heterocycles. The monoisotopic (exact) mass is 542 g/mol. The van der Waals surface area contributed by atoms with E-state index in [0.29, 0.717) is 57.6 Å². The van der Waals surface area contributed by atoms with Crippen LogP contribution in [0.1, 0.15) is 29.6 Å². The molecule has 1 saturated carbocycles. The maximum atomic E-state index is 12.5. The topological polar surface area (TPSA) is 102 Å². The van der Waals surface area contributed by atoms with Crippen LogP contribution >= 0.6 is 11.6 Å². The Morgan fingerprint density at radius 1 is 1.15 bits per heavy atom. The third-order valence-electron chi connectivity index (χ3n) is 6.23. The summed E-state index contributed by atoms with van der Waals surface area (Å²) >= 11 is 5.98. The highest BCUT2D eigenvalue weighted by molar-refractivity contribution is 6.31. The van der Waals surface area contributed by atoms with Gasteiger partial charge in [0.2, 0.25) is 0 Å². The average molecular weight is 543 g/mol. The summed E-state index contributed by atoms with van der Waals surface area (Å²) in [4.78, 5) is 27.6. The van der Waals surface area contributed by atoms with E-state index in [1.165, 1.54) is 19.2 Å². The lowest BCUT2D eigenvalue weighted by molar-refractivity contribution is 0.102. The Balaban J connectivity index is 1.25. The number of pyridine rings is 1. The average Bonchev–Trinajstić information content (AvgIpc) is 3.79. The lowest BCUT2D eigenvalue weighted by atomic mass is 10.2. The normalized spacial score (nSPS) is 12.4. The molecule has 1 fully saturated rings. The van der Waals surface area contributed by atoms with Crippen LogP contribution in [0.5, 0.6) is 11.5 Å². The molecule has 4 aromatic rings. The van der Waals surface area contributed by atoms with E-state index in [2.05, 4.69) is 31.6 Å². The fraction of sp³-hybridized carbons (Fsp3) is 0.241. The first-order chi connectivity index (χ1) is 19.0. The minimum absolute atomic E-state index is 0.297. The quantitative estimate of drug-likeness (QED) is 0.145. The molecule has 2 N–H and O–H groups in total. The van der Waals surface area contributed by atoms with Gasteiger partial charge in [-0.15, -0.1) is 0 Å². The molecule has 39 heavy (non-hydrogen) atoms. The molecule has 1 aliphatic carbocycles. The van der Waals surface area contributed by atoms with E-state index in [-0.39, 0.29) is 5.91 Å². The summed E-state index contributed by atoms with van der Waals surface area (Å²) in [6.45, 7) is 1.30. The summed E-state index contributed by atoms with van der Waals surface area (Å²) < 4.78 is 11.6. The molecule has 5 rings (SSSR count). The number of hydrogen-bond acceptors (Lipinski definition) is 8. The zero-order valence-electron chi connectivity index (χ0n) is 21.4. The van der Waals surface area contributed by atoms with Crippen LogP contribution in [0, 0.1) is 12.5 Å². The molecule has 2 aromatic heterocycles. The van der Waals surface area contributed by atoms with Crippen LogP contribution in [0.2, 0.25) is 5.02 Å². The van der Waals surface area contributed by atoms with Crippen molar-refractivity contribution in [3.05, 3.63) is 71.6 Å². The highest BCUT2D eigenvalue weighted by Gasteiger charge is 2.26. The summed E-state index contributed by atoms with van der Waals surface area (Å²) in [6.07, 6.45) is 11.8. The van der Waals surface area contributed by atoms with Gasteiger partial charge in [0, 0.05) is 40.7 Å². The van der Waals surface area contributed by atoms with Crippen LogP contribution in [-0.4, -0.2) is 52.1 Å². The van der Waals surface area contributed by atoms with E-state index in [0.717, 1.165) is 18.4 Å². The Labute approximate surface area is 231 Å². The van der Waals surface area contributed by atoms with Gasteiger partial charge < -0.3 is 25.0 Å². The van der Waals surface area contributed by atoms with E-state index >= 15 is 0 Å². The summed E-state index contributed by atoms with van der Waals surface area (Å²) in [6, 6.07) is 17.2.